The van der Waals surface area contributed by atoms with Crippen LogP contribution in [0.15, 0.2) is 40.9 Å². The maximum absolute atomic E-state index is 11.4. The van der Waals surface area contributed by atoms with Gasteiger partial charge in [0.15, 0.2) is 0 Å². The molecule has 0 fully saturated rings. The lowest BCUT2D eigenvalue weighted by atomic mass is 10.0. The van der Waals surface area contributed by atoms with Crippen LogP contribution in [0.25, 0.3) is 10.8 Å². The number of aliphatic hydroxyl groups is 1. The lowest BCUT2D eigenvalue weighted by Crippen LogP contribution is -2.10. The van der Waals surface area contributed by atoms with E-state index in [0.29, 0.717) is 12.8 Å². The fraction of sp³-hybridized carbons (Fsp3) is 0.375. The van der Waals surface area contributed by atoms with Crippen LogP contribution in [0.4, 0.5) is 0 Å². The van der Waals surface area contributed by atoms with Gasteiger partial charge in [-0.1, -0.05) is 41.1 Å². The van der Waals surface area contributed by atoms with Crippen LogP contribution < -0.4 is 0 Å². The highest BCUT2D eigenvalue weighted by molar-refractivity contribution is 9.10. The molecule has 1 N–H and O–H groups in total. The maximum atomic E-state index is 11.4. The third kappa shape index (κ3) is 4.53. The number of halogens is 1. The van der Waals surface area contributed by atoms with Crippen molar-refractivity contribution in [3.8, 4) is 0 Å². The molecule has 0 aliphatic heterocycles. The minimum atomic E-state index is -2.95. The summed E-state index contributed by atoms with van der Waals surface area (Å²) in [6.45, 7) is 1.65. The van der Waals surface area contributed by atoms with Gasteiger partial charge in [0, 0.05) is 10.2 Å². The molecule has 0 aromatic heterocycles. The van der Waals surface area contributed by atoms with Crippen LogP contribution in [-0.4, -0.2) is 25.0 Å². The van der Waals surface area contributed by atoms with Gasteiger partial charge in [0.2, 0.25) is 0 Å². The summed E-state index contributed by atoms with van der Waals surface area (Å²) >= 11 is 3.43. The first-order valence-corrected chi connectivity index (χ1v) is 9.60. The van der Waals surface area contributed by atoms with Crippen molar-refractivity contribution in [1.29, 1.82) is 0 Å². The van der Waals surface area contributed by atoms with Gasteiger partial charge < -0.3 is 5.11 Å². The van der Waals surface area contributed by atoms with Crippen LogP contribution >= 0.6 is 15.9 Å². The van der Waals surface area contributed by atoms with Gasteiger partial charge in [-0.05, 0) is 47.4 Å². The molecule has 21 heavy (non-hydrogen) atoms. The van der Waals surface area contributed by atoms with Gasteiger partial charge in [-0.25, -0.2) is 8.42 Å². The highest BCUT2D eigenvalue weighted by Gasteiger charge is 2.12. The van der Waals surface area contributed by atoms with Crippen molar-refractivity contribution in [3.63, 3.8) is 0 Å². The van der Waals surface area contributed by atoms with E-state index in [1.807, 2.05) is 36.4 Å². The normalized spacial score (nSPS) is 13.5. The molecule has 0 amide bonds. The van der Waals surface area contributed by atoms with Crippen LogP contribution in [0.5, 0.6) is 0 Å². The standard InChI is InChI=1S/C16H19BrO3S/c1-2-21(19,20)9-3-4-16(18)14-6-5-13-11-15(17)8-7-12(13)10-14/h5-8,10-11,16,18H,2-4,9H2,1H3. The van der Waals surface area contributed by atoms with Crippen molar-refractivity contribution < 1.29 is 13.5 Å². The molecule has 0 aliphatic carbocycles. The van der Waals surface area contributed by atoms with Gasteiger partial charge in [0.1, 0.15) is 9.84 Å². The summed E-state index contributed by atoms with van der Waals surface area (Å²) in [5.74, 6) is 0.301. The smallest absolute Gasteiger partial charge is 0.150 e. The minimum absolute atomic E-state index is 0.140. The van der Waals surface area contributed by atoms with E-state index in [2.05, 4.69) is 15.9 Å². The summed E-state index contributed by atoms with van der Waals surface area (Å²) < 4.78 is 23.9. The first kappa shape index (κ1) is 16.5. The predicted molar refractivity (Wildman–Crippen MR) is 90.2 cm³/mol. The molecule has 114 valence electrons. The largest absolute Gasteiger partial charge is 0.388 e. The summed E-state index contributed by atoms with van der Waals surface area (Å²) in [4.78, 5) is 0. The van der Waals surface area contributed by atoms with E-state index in [0.717, 1.165) is 20.8 Å². The topological polar surface area (TPSA) is 54.4 Å². The van der Waals surface area contributed by atoms with E-state index in [-0.39, 0.29) is 11.5 Å². The molecule has 5 heteroatoms. The molecule has 1 unspecified atom stereocenters. The van der Waals surface area contributed by atoms with Gasteiger partial charge in [-0.2, -0.15) is 0 Å². The summed E-state index contributed by atoms with van der Waals surface area (Å²) in [7, 11) is -2.95. The first-order valence-electron chi connectivity index (χ1n) is 6.99. The van der Waals surface area contributed by atoms with Crippen molar-refractivity contribution in [2.75, 3.05) is 11.5 Å². The molecule has 2 rings (SSSR count). The van der Waals surface area contributed by atoms with Crippen LogP contribution in [0.2, 0.25) is 0 Å². The fourth-order valence-corrected chi connectivity index (χ4v) is 3.52. The molecule has 0 aliphatic rings. The van der Waals surface area contributed by atoms with E-state index in [9.17, 15) is 13.5 Å². The molecule has 2 aromatic carbocycles. The quantitative estimate of drug-likeness (QED) is 0.839. The zero-order valence-electron chi connectivity index (χ0n) is 11.9. The number of hydrogen-bond donors (Lipinski definition) is 1. The molecule has 0 bridgehead atoms. The Morgan fingerprint density at radius 1 is 1.14 bits per heavy atom. The lowest BCUT2D eigenvalue weighted by Gasteiger charge is -2.12. The highest BCUT2D eigenvalue weighted by atomic mass is 79.9. The van der Waals surface area contributed by atoms with Crippen LogP contribution in [0, 0.1) is 0 Å². The van der Waals surface area contributed by atoms with Gasteiger partial charge in [0.05, 0.1) is 11.9 Å². The Morgan fingerprint density at radius 3 is 2.52 bits per heavy atom. The number of hydrogen-bond acceptors (Lipinski definition) is 3. The van der Waals surface area contributed by atoms with E-state index in [4.69, 9.17) is 0 Å². The van der Waals surface area contributed by atoms with Crippen molar-refractivity contribution in [1.82, 2.24) is 0 Å². The van der Waals surface area contributed by atoms with E-state index in [1.165, 1.54) is 0 Å². The number of aliphatic hydroxyl groups excluding tert-OH is 1. The molecule has 0 spiro atoms. The average Bonchev–Trinajstić information content (AvgIpc) is 2.46. The molecule has 1 atom stereocenters. The van der Waals surface area contributed by atoms with Crippen molar-refractivity contribution in [3.05, 3.63) is 46.4 Å². The fourth-order valence-electron chi connectivity index (χ4n) is 2.25. The van der Waals surface area contributed by atoms with Crippen molar-refractivity contribution in [2.45, 2.75) is 25.9 Å². The monoisotopic (exact) mass is 370 g/mol. The average molecular weight is 371 g/mol. The second-order valence-corrected chi connectivity index (χ2v) is 8.53. The molecular weight excluding hydrogens is 352 g/mol. The van der Waals surface area contributed by atoms with Crippen LogP contribution in [0.3, 0.4) is 0 Å². The molecule has 2 aromatic rings. The Balaban J connectivity index is 2.06. The Kier molecular flexibility index (Phi) is 5.41. The van der Waals surface area contributed by atoms with E-state index >= 15 is 0 Å². The number of rotatable bonds is 6. The van der Waals surface area contributed by atoms with Crippen LogP contribution in [0.1, 0.15) is 31.4 Å². The second-order valence-electron chi connectivity index (χ2n) is 5.15. The second kappa shape index (κ2) is 6.90. The van der Waals surface area contributed by atoms with Gasteiger partial charge in [0.25, 0.3) is 0 Å². The summed E-state index contributed by atoms with van der Waals surface area (Å²) in [6, 6.07) is 11.8. The Morgan fingerprint density at radius 2 is 1.81 bits per heavy atom. The SMILES string of the molecule is CCS(=O)(=O)CCCC(O)c1ccc2cc(Br)ccc2c1. The van der Waals surface area contributed by atoms with Crippen LogP contribution in [-0.2, 0) is 9.84 Å². The Bertz CT molecular complexity index is 725. The highest BCUT2D eigenvalue weighted by Crippen LogP contribution is 2.25. The molecule has 0 heterocycles. The number of benzene rings is 2. The van der Waals surface area contributed by atoms with Gasteiger partial charge >= 0.3 is 0 Å². The Hall–Kier alpha value is -0.910. The lowest BCUT2D eigenvalue weighted by molar-refractivity contribution is 0.167. The zero-order valence-corrected chi connectivity index (χ0v) is 14.3. The summed E-state index contributed by atoms with van der Waals surface area (Å²) in [5.41, 5.74) is 0.832. The van der Waals surface area contributed by atoms with E-state index < -0.39 is 15.9 Å². The number of fused-ring (bicyclic) bond motifs is 1. The van der Waals surface area contributed by atoms with Gasteiger partial charge in [-0.3, -0.25) is 0 Å². The third-order valence-corrected chi connectivity index (χ3v) is 5.87. The molecular formula is C16H19BrO3S. The minimum Gasteiger partial charge on any atom is -0.388 e. The van der Waals surface area contributed by atoms with E-state index in [1.54, 1.807) is 6.92 Å². The van der Waals surface area contributed by atoms with Crippen molar-refractivity contribution in [2.24, 2.45) is 0 Å². The first-order chi connectivity index (χ1) is 9.91. The summed E-state index contributed by atoms with van der Waals surface area (Å²) in [5, 5.41) is 12.4. The molecule has 0 radical (unpaired) electrons. The Labute approximate surface area is 134 Å². The number of sulfone groups is 1. The molecule has 0 saturated carbocycles. The maximum Gasteiger partial charge on any atom is 0.150 e. The summed E-state index contributed by atoms with van der Waals surface area (Å²) in [6.07, 6.45) is 0.321. The molecule has 3 nitrogen and oxygen atoms in total. The third-order valence-electron chi connectivity index (χ3n) is 3.58. The predicted octanol–water partition coefficient (Wildman–Crippen LogP) is 3.85. The zero-order chi connectivity index (χ0) is 15.5. The van der Waals surface area contributed by atoms with Gasteiger partial charge in [-0.15, -0.1) is 0 Å². The molecule has 0 saturated heterocycles. The van der Waals surface area contributed by atoms with Crippen molar-refractivity contribution >= 4 is 36.5 Å².